The molecule has 9 heteroatoms. The van der Waals surface area contributed by atoms with E-state index in [0.29, 0.717) is 22.9 Å². The van der Waals surface area contributed by atoms with Gasteiger partial charge in [0.05, 0.1) is 19.3 Å². The van der Waals surface area contributed by atoms with E-state index in [1.54, 1.807) is 18.2 Å². The number of amides is 1. The molecule has 0 saturated heterocycles. The van der Waals surface area contributed by atoms with E-state index in [1.165, 1.54) is 33.3 Å². The minimum absolute atomic E-state index is 0.0302. The normalized spacial score (nSPS) is 11.1. The lowest BCUT2D eigenvalue weighted by molar-refractivity contribution is -0.114. The lowest BCUT2D eigenvalue weighted by Gasteiger charge is -2.16. The molecule has 0 aromatic heterocycles. The Morgan fingerprint density at radius 1 is 0.938 bits per heavy atom. The van der Waals surface area contributed by atoms with Crippen molar-refractivity contribution in [1.82, 2.24) is 4.31 Å². The second-order valence-corrected chi connectivity index (χ2v) is 9.09. The number of carbonyl (C=O) groups is 1. The van der Waals surface area contributed by atoms with Crippen molar-refractivity contribution in [1.29, 1.82) is 0 Å². The van der Waals surface area contributed by atoms with E-state index in [1.807, 2.05) is 42.5 Å². The molecule has 0 heterocycles. The monoisotopic (exact) mass is 455 g/mol. The maximum Gasteiger partial charge on any atom is 0.246 e. The summed E-state index contributed by atoms with van der Waals surface area (Å²) in [4.78, 5) is 12.5. The summed E-state index contributed by atoms with van der Waals surface area (Å²) in [6, 6.07) is 21.1. The van der Waals surface area contributed by atoms with Gasteiger partial charge in [-0.2, -0.15) is 0 Å². The quantitative estimate of drug-likeness (QED) is 0.510. The molecule has 32 heavy (non-hydrogen) atoms. The van der Waals surface area contributed by atoms with Crippen molar-refractivity contribution in [3.63, 3.8) is 0 Å². The van der Waals surface area contributed by atoms with E-state index < -0.39 is 10.0 Å². The zero-order valence-electron chi connectivity index (χ0n) is 18.0. The van der Waals surface area contributed by atoms with Crippen molar-refractivity contribution in [2.24, 2.45) is 0 Å². The van der Waals surface area contributed by atoms with Crippen molar-refractivity contribution >= 4 is 27.3 Å². The van der Waals surface area contributed by atoms with Gasteiger partial charge in [0.2, 0.25) is 15.9 Å². The predicted molar refractivity (Wildman–Crippen MR) is 124 cm³/mol. The van der Waals surface area contributed by atoms with Crippen molar-refractivity contribution < 1.29 is 22.7 Å². The maximum atomic E-state index is 12.6. The van der Waals surface area contributed by atoms with Crippen LogP contribution in [0.1, 0.15) is 0 Å². The number of ether oxygens (including phenoxy) is 2. The molecule has 168 valence electrons. The van der Waals surface area contributed by atoms with E-state index in [0.717, 1.165) is 4.31 Å². The molecule has 0 aliphatic heterocycles. The van der Waals surface area contributed by atoms with Gasteiger partial charge in [0.15, 0.2) is 5.75 Å². The fraction of sp³-hybridized carbons (Fsp3) is 0.174. The number of benzene rings is 3. The molecular formula is C23H25N3O5S. The number of methoxy groups -OCH3 is 1. The van der Waals surface area contributed by atoms with Gasteiger partial charge in [-0.25, -0.2) is 12.7 Å². The van der Waals surface area contributed by atoms with Crippen LogP contribution in [0.2, 0.25) is 0 Å². The lowest BCUT2D eigenvalue weighted by Crippen LogP contribution is -2.24. The SMILES string of the molecule is COc1ccc(NC(=O)CNc2ccccc2Oc2ccccc2)cc1S(=O)(=O)N(C)C. The Morgan fingerprint density at radius 2 is 1.62 bits per heavy atom. The second kappa shape index (κ2) is 10.2. The van der Waals surface area contributed by atoms with Crippen LogP contribution in [0.4, 0.5) is 11.4 Å². The average Bonchev–Trinajstić information content (AvgIpc) is 2.79. The molecule has 0 spiro atoms. The zero-order chi connectivity index (χ0) is 23.1. The zero-order valence-corrected chi connectivity index (χ0v) is 18.8. The highest BCUT2D eigenvalue weighted by atomic mass is 32.2. The average molecular weight is 456 g/mol. The number of nitrogens with zero attached hydrogens (tertiary/aromatic N) is 1. The van der Waals surface area contributed by atoms with Gasteiger partial charge in [-0.1, -0.05) is 30.3 Å². The molecule has 8 nitrogen and oxygen atoms in total. The molecule has 0 bridgehead atoms. The molecule has 0 fully saturated rings. The summed E-state index contributed by atoms with van der Waals surface area (Å²) in [7, 11) is 0.505. The summed E-state index contributed by atoms with van der Waals surface area (Å²) in [6.45, 7) is -0.0447. The Kier molecular flexibility index (Phi) is 7.34. The Bertz CT molecular complexity index is 1180. The first-order valence-corrected chi connectivity index (χ1v) is 11.2. The van der Waals surface area contributed by atoms with Crippen molar-refractivity contribution in [3.05, 3.63) is 72.8 Å². The molecule has 3 aromatic rings. The van der Waals surface area contributed by atoms with E-state index in [-0.39, 0.29) is 23.1 Å². The van der Waals surface area contributed by atoms with Crippen LogP contribution in [0.25, 0.3) is 0 Å². The first-order chi connectivity index (χ1) is 15.3. The number of nitrogens with one attached hydrogen (secondary N) is 2. The van der Waals surface area contributed by atoms with E-state index >= 15 is 0 Å². The van der Waals surface area contributed by atoms with Gasteiger partial charge >= 0.3 is 0 Å². The predicted octanol–water partition coefficient (Wildman–Crippen LogP) is 3.79. The molecular weight excluding hydrogens is 430 g/mol. The maximum absolute atomic E-state index is 12.6. The van der Waals surface area contributed by atoms with E-state index in [4.69, 9.17) is 9.47 Å². The van der Waals surface area contributed by atoms with Crippen LogP contribution in [0, 0.1) is 0 Å². The molecule has 0 radical (unpaired) electrons. The number of para-hydroxylation sites is 3. The Hall–Kier alpha value is -3.56. The summed E-state index contributed by atoms with van der Waals surface area (Å²) >= 11 is 0. The summed E-state index contributed by atoms with van der Waals surface area (Å²) in [5, 5.41) is 5.75. The van der Waals surface area contributed by atoms with Crippen molar-refractivity contribution in [2.45, 2.75) is 4.90 Å². The first-order valence-electron chi connectivity index (χ1n) is 9.77. The van der Waals surface area contributed by atoms with E-state index in [9.17, 15) is 13.2 Å². The molecule has 0 aliphatic rings. The first kappa shape index (κ1) is 23.1. The number of hydrogen-bond acceptors (Lipinski definition) is 6. The van der Waals surface area contributed by atoms with Crippen LogP contribution < -0.4 is 20.1 Å². The summed E-state index contributed by atoms with van der Waals surface area (Å²) in [5.41, 5.74) is 0.990. The number of anilines is 2. The van der Waals surface area contributed by atoms with E-state index in [2.05, 4.69) is 10.6 Å². The number of rotatable bonds is 9. The standard InChI is InChI=1S/C23H25N3O5S/c1-26(2)32(28,29)22-15-17(13-14-21(22)30-3)25-23(27)16-24-19-11-7-8-12-20(19)31-18-9-5-4-6-10-18/h4-15,24H,16H2,1-3H3,(H,25,27). The minimum Gasteiger partial charge on any atom is -0.495 e. The van der Waals surface area contributed by atoms with Crippen LogP contribution in [-0.2, 0) is 14.8 Å². The third-order valence-electron chi connectivity index (χ3n) is 4.50. The molecule has 0 unspecified atom stereocenters. The summed E-state index contributed by atoms with van der Waals surface area (Å²) < 4.78 is 37.2. The van der Waals surface area contributed by atoms with Crippen molar-refractivity contribution in [2.75, 3.05) is 38.4 Å². The van der Waals surface area contributed by atoms with Crippen LogP contribution in [0.5, 0.6) is 17.2 Å². The van der Waals surface area contributed by atoms with Crippen LogP contribution in [0.15, 0.2) is 77.7 Å². The highest BCUT2D eigenvalue weighted by molar-refractivity contribution is 7.89. The van der Waals surface area contributed by atoms with Crippen LogP contribution >= 0.6 is 0 Å². The fourth-order valence-electron chi connectivity index (χ4n) is 2.85. The molecule has 0 aliphatic carbocycles. The lowest BCUT2D eigenvalue weighted by atomic mass is 10.2. The van der Waals surface area contributed by atoms with Crippen molar-refractivity contribution in [3.8, 4) is 17.2 Å². The van der Waals surface area contributed by atoms with Crippen LogP contribution in [0.3, 0.4) is 0 Å². The summed E-state index contributed by atoms with van der Waals surface area (Å²) in [6.07, 6.45) is 0. The molecule has 3 rings (SSSR count). The number of sulfonamides is 1. The second-order valence-electron chi connectivity index (χ2n) is 6.97. The fourth-order valence-corrected chi connectivity index (χ4v) is 3.93. The smallest absolute Gasteiger partial charge is 0.246 e. The Labute approximate surface area is 187 Å². The molecule has 2 N–H and O–H groups in total. The molecule has 0 saturated carbocycles. The van der Waals surface area contributed by atoms with Gasteiger partial charge in [-0.05, 0) is 42.5 Å². The third-order valence-corrected chi connectivity index (χ3v) is 6.34. The van der Waals surface area contributed by atoms with Gasteiger partial charge in [-0.3, -0.25) is 4.79 Å². The Balaban J connectivity index is 1.70. The minimum atomic E-state index is -3.74. The molecule has 3 aromatic carbocycles. The topological polar surface area (TPSA) is 97.0 Å². The Morgan fingerprint density at radius 3 is 2.31 bits per heavy atom. The van der Waals surface area contributed by atoms with Gasteiger partial charge in [0.1, 0.15) is 16.4 Å². The van der Waals surface area contributed by atoms with Gasteiger partial charge in [0, 0.05) is 19.8 Å². The largest absolute Gasteiger partial charge is 0.495 e. The molecule has 0 atom stereocenters. The van der Waals surface area contributed by atoms with Crippen LogP contribution in [-0.4, -0.2) is 46.4 Å². The molecule has 1 amide bonds. The summed E-state index contributed by atoms with van der Waals surface area (Å²) in [5.74, 6) is 1.11. The van der Waals surface area contributed by atoms with Gasteiger partial charge < -0.3 is 20.1 Å². The number of hydrogen-bond donors (Lipinski definition) is 2. The third kappa shape index (κ3) is 5.57. The number of carbonyl (C=O) groups excluding carboxylic acids is 1. The van der Waals surface area contributed by atoms with Gasteiger partial charge in [-0.15, -0.1) is 0 Å². The highest BCUT2D eigenvalue weighted by Gasteiger charge is 2.23. The highest BCUT2D eigenvalue weighted by Crippen LogP contribution is 2.30. The van der Waals surface area contributed by atoms with Gasteiger partial charge in [0.25, 0.3) is 0 Å².